The van der Waals surface area contributed by atoms with E-state index in [9.17, 15) is 13.2 Å². The first-order valence-corrected chi connectivity index (χ1v) is 10.4. The number of hydrogen-bond donors (Lipinski definition) is 1. The number of nitrogens with zero attached hydrogens (tertiary/aromatic N) is 2. The third kappa shape index (κ3) is 5.04. The molecular formula is C20H21N3O4S. The summed E-state index contributed by atoms with van der Waals surface area (Å²) in [6.45, 7) is 4.00. The Labute approximate surface area is 163 Å². The highest BCUT2D eigenvalue weighted by Gasteiger charge is 2.17. The normalized spacial score (nSPS) is 11.4. The SMILES string of the molecule is Cc1ccc(CC(=O)Nc2nnc(CCS(=O)(=O)c3ccccc3)o2)cc1C. The van der Waals surface area contributed by atoms with Crippen molar-refractivity contribution in [1.29, 1.82) is 0 Å². The molecule has 0 aliphatic carbocycles. The largest absolute Gasteiger partial charge is 0.408 e. The van der Waals surface area contributed by atoms with Crippen LogP contribution in [0.3, 0.4) is 0 Å². The number of benzene rings is 2. The summed E-state index contributed by atoms with van der Waals surface area (Å²) >= 11 is 0. The average molecular weight is 399 g/mol. The van der Waals surface area contributed by atoms with E-state index in [-0.39, 0.29) is 41.3 Å². The molecule has 1 amide bonds. The van der Waals surface area contributed by atoms with Crippen molar-refractivity contribution in [1.82, 2.24) is 10.2 Å². The zero-order chi connectivity index (χ0) is 20.1. The number of aromatic nitrogens is 2. The second kappa shape index (κ2) is 8.35. The third-order valence-electron chi connectivity index (χ3n) is 4.34. The van der Waals surface area contributed by atoms with E-state index in [1.807, 2.05) is 32.0 Å². The lowest BCUT2D eigenvalue weighted by Gasteiger charge is -2.04. The minimum absolute atomic E-state index is 0.0408. The van der Waals surface area contributed by atoms with Crippen LogP contribution in [0.15, 0.2) is 57.8 Å². The Morgan fingerprint density at radius 2 is 1.79 bits per heavy atom. The standard InChI is InChI=1S/C20H21N3O4S/c1-14-8-9-16(12-15(14)2)13-18(24)21-20-23-22-19(27-20)10-11-28(25,26)17-6-4-3-5-7-17/h3-9,12H,10-11,13H2,1-2H3,(H,21,23,24). The molecule has 0 saturated carbocycles. The van der Waals surface area contributed by atoms with Crippen molar-refractivity contribution < 1.29 is 17.6 Å². The Morgan fingerprint density at radius 1 is 1.04 bits per heavy atom. The number of anilines is 1. The van der Waals surface area contributed by atoms with Gasteiger partial charge in [-0.2, -0.15) is 0 Å². The van der Waals surface area contributed by atoms with Crippen LogP contribution in [-0.2, 0) is 27.5 Å². The van der Waals surface area contributed by atoms with Crippen molar-refractivity contribution in [2.24, 2.45) is 0 Å². The molecule has 0 fully saturated rings. The van der Waals surface area contributed by atoms with Gasteiger partial charge in [0, 0.05) is 6.42 Å². The predicted molar refractivity (Wildman–Crippen MR) is 105 cm³/mol. The van der Waals surface area contributed by atoms with E-state index < -0.39 is 9.84 Å². The molecule has 1 heterocycles. The second-order valence-electron chi connectivity index (χ2n) is 6.53. The molecule has 0 unspecified atom stereocenters. The van der Waals surface area contributed by atoms with Crippen LogP contribution in [0, 0.1) is 13.8 Å². The molecule has 8 heteroatoms. The summed E-state index contributed by atoms with van der Waals surface area (Å²) in [6.07, 6.45) is 0.248. The molecule has 0 radical (unpaired) electrons. The maximum Gasteiger partial charge on any atom is 0.322 e. The first-order valence-electron chi connectivity index (χ1n) is 8.80. The number of carbonyl (C=O) groups excluding carboxylic acids is 1. The van der Waals surface area contributed by atoms with E-state index in [4.69, 9.17) is 4.42 Å². The molecule has 0 atom stereocenters. The van der Waals surface area contributed by atoms with Gasteiger partial charge in [-0.05, 0) is 42.7 Å². The fourth-order valence-corrected chi connectivity index (χ4v) is 3.89. The fourth-order valence-electron chi connectivity index (χ4n) is 2.63. The van der Waals surface area contributed by atoms with Gasteiger partial charge in [-0.3, -0.25) is 10.1 Å². The molecule has 1 N–H and O–H groups in total. The topological polar surface area (TPSA) is 102 Å². The third-order valence-corrected chi connectivity index (χ3v) is 6.07. The molecule has 3 aromatic rings. The zero-order valence-corrected chi connectivity index (χ0v) is 16.5. The molecule has 2 aromatic carbocycles. The Bertz CT molecular complexity index is 1080. The Morgan fingerprint density at radius 3 is 2.50 bits per heavy atom. The summed E-state index contributed by atoms with van der Waals surface area (Å²) in [4.78, 5) is 12.4. The van der Waals surface area contributed by atoms with Crippen LogP contribution < -0.4 is 5.32 Å². The molecule has 0 aliphatic heterocycles. The first-order chi connectivity index (χ1) is 13.3. The van der Waals surface area contributed by atoms with Crippen LogP contribution >= 0.6 is 0 Å². The number of sulfone groups is 1. The highest BCUT2D eigenvalue weighted by molar-refractivity contribution is 7.91. The minimum Gasteiger partial charge on any atom is -0.408 e. The van der Waals surface area contributed by atoms with Crippen LogP contribution in [0.4, 0.5) is 6.01 Å². The van der Waals surface area contributed by atoms with Gasteiger partial charge in [0.25, 0.3) is 0 Å². The van der Waals surface area contributed by atoms with Gasteiger partial charge in [-0.25, -0.2) is 8.42 Å². The van der Waals surface area contributed by atoms with Crippen LogP contribution in [0.1, 0.15) is 22.6 Å². The van der Waals surface area contributed by atoms with Crippen molar-refractivity contribution in [3.8, 4) is 0 Å². The number of rotatable bonds is 7. The number of amides is 1. The molecule has 3 rings (SSSR count). The van der Waals surface area contributed by atoms with Gasteiger partial charge in [0.05, 0.1) is 17.1 Å². The lowest BCUT2D eigenvalue weighted by molar-refractivity contribution is -0.115. The van der Waals surface area contributed by atoms with E-state index in [0.29, 0.717) is 0 Å². The van der Waals surface area contributed by atoms with Crippen LogP contribution in [0.25, 0.3) is 0 Å². The van der Waals surface area contributed by atoms with E-state index in [2.05, 4.69) is 15.5 Å². The molecular weight excluding hydrogens is 378 g/mol. The number of nitrogens with one attached hydrogen (secondary N) is 1. The lowest BCUT2D eigenvalue weighted by atomic mass is 10.0. The summed E-state index contributed by atoms with van der Waals surface area (Å²) in [5.74, 6) is -0.286. The lowest BCUT2D eigenvalue weighted by Crippen LogP contribution is -2.14. The van der Waals surface area contributed by atoms with Crippen molar-refractivity contribution in [2.45, 2.75) is 31.6 Å². The van der Waals surface area contributed by atoms with E-state index in [0.717, 1.165) is 16.7 Å². The molecule has 28 heavy (non-hydrogen) atoms. The Balaban J connectivity index is 1.56. The first kappa shape index (κ1) is 19.8. The zero-order valence-electron chi connectivity index (χ0n) is 15.7. The molecule has 7 nitrogen and oxygen atoms in total. The fraction of sp³-hybridized carbons (Fsp3) is 0.250. The maximum atomic E-state index is 12.3. The van der Waals surface area contributed by atoms with Crippen molar-refractivity contribution >= 4 is 21.8 Å². The quantitative estimate of drug-likeness (QED) is 0.655. The summed E-state index contributed by atoms with van der Waals surface area (Å²) in [6, 6.07) is 14.0. The summed E-state index contributed by atoms with van der Waals surface area (Å²) in [5, 5.41) is 10.1. The number of hydrogen-bond acceptors (Lipinski definition) is 6. The summed E-state index contributed by atoms with van der Waals surface area (Å²) < 4.78 is 29.9. The molecule has 0 bridgehead atoms. The van der Waals surface area contributed by atoms with E-state index in [1.165, 1.54) is 0 Å². The maximum absolute atomic E-state index is 12.3. The van der Waals surface area contributed by atoms with Crippen molar-refractivity contribution in [3.63, 3.8) is 0 Å². The predicted octanol–water partition coefficient (Wildman–Crippen LogP) is 2.88. The summed E-state index contributed by atoms with van der Waals surface area (Å²) in [5.41, 5.74) is 3.16. The molecule has 0 spiro atoms. The van der Waals surface area contributed by atoms with Gasteiger partial charge >= 0.3 is 6.01 Å². The average Bonchev–Trinajstić information content (AvgIpc) is 3.11. The van der Waals surface area contributed by atoms with Gasteiger partial charge in [-0.1, -0.05) is 41.5 Å². The van der Waals surface area contributed by atoms with Crippen molar-refractivity contribution in [2.75, 3.05) is 11.1 Å². The minimum atomic E-state index is -3.44. The Hall–Kier alpha value is -3.00. The molecule has 1 aromatic heterocycles. The molecule has 0 aliphatic rings. The van der Waals surface area contributed by atoms with Crippen LogP contribution in [-0.4, -0.2) is 30.3 Å². The summed E-state index contributed by atoms with van der Waals surface area (Å²) in [7, 11) is -3.44. The monoisotopic (exact) mass is 399 g/mol. The van der Waals surface area contributed by atoms with Gasteiger partial charge in [0.15, 0.2) is 9.84 Å². The highest BCUT2D eigenvalue weighted by Crippen LogP contribution is 2.14. The Kier molecular flexibility index (Phi) is 5.89. The number of carbonyl (C=O) groups is 1. The highest BCUT2D eigenvalue weighted by atomic mass is 32.2. The smallest absolute Gasteiger partial charge is 0.322 e. The van der Waals surface area contributed by atoms with Crippen molar-refractivity contribution in [3.05, 3.63) is 71.1 Å². The van der Waals surface area contributed by atoms with Crippen LogP contribution in [0.2, 0.25) is 0 Å². The van der Waals surface area contributed by atoms with Gasteiger partial charge in [0.1, 0.15) is 0 Å². The molecule has 0 saturated heterocycles. The van der Waals surface area contributed by atoms with E-state index in [1.54, 1.807) is 30.3 Å². The van der Waals surface area contributed by atoms with Crippen LogP contribution in [0.5, 0.6) is 0 Å². The van der Waals surface area contributed by atoms with Gasteiger partial charge < -0.3 is 4.42 Å². The number of aryl methyl sites for hydroxylation is 3. The van der Waals surface area contributed by atoms with E-state index >= 15 is 0 Å². The second-order valence-corrected chi connectivity index (χ2v) is 8.64. The van der Waals surface area contributed by atoms with Gasteiger partial charge in [-0.15, -0.1) is 5.10 Å². The van der Waals surface area contributed by atoms with Gasteiger partial charge in [0.2, 0.25) is 11.8 Å². The molecule has 146 valence electrons.